The minimum absolute atomic E-state index is 0.107. The molecule has 156 valence electrons. The van der Waals surface area contributed by atoms with Gasteiger partial charge in [0, 0.05) is 31.3 Å². The quantitative estimate of drug-likeness (QED) is 0.411. The summed E-state index contributed by atoms with van der Waals surface area (Å²) in [7, 11) is 0. The number of rotatable bonds is 11. The van der Waals surface area contributed by atoms with Gasteiger partial charge in [0.15, 0.2) is 0 Å². The topological polar surface area (TPSA) is 130 Å². The molecule has 0 saturated heterocycles. The first kappa shape index (κ1) is 22.5. The van der Waals surface area contributed by atoms with Gasteiger partial charge in [-0.3, -0.25) is 9.59 Å². The maximum Gasteiger partial charge on any atom is 0.335 e. The number of nitrogens with zero attached hydrogens (tertiary/aromatic N) is 2. The normalized spacial score (nSPS) is 13.0. The van der Waals surface area contributed by atoms with E-state index in [9.17, 15) is 19.5 Å². The Balaban J connectivity index is 2.37. The minimum Gasteiger partial charge on any atom is -0.481 e. The zero-order chi connectivity index (χ0) is 21.6. The minimum atomic E-state index is -1.77. The standard InChI is InChI=1S/C20H24N2O6S/c1-2-3-4-16-21-11-15(9-20(29,19(27)28)10-17(23)24)22(16)12-13-5-7-14(8-6-13)18(25)26/h5-8,11,29H,2-4,9-10,12H2,1H3,(H,23,24)(H,25,26)(H,27,28)/t20-/m0/s1. The lowest BCUT2D eigenvalue weighted by molar-refractivity contribution is -0.146. The van der Waals surface area contributed by atoms with Crippen LogP contribution in [0, 0.1) is 0 Å². The van der Waals surface area contributed by atoms with E-state index in [0.29, 0.717) is 18.7 Å². The highest BCUT2D eigenvalue weighted by Gasteiger charge is 2.38. The van der Waals surface area contributed by atoms with Gasteiger partial charge >= 0.3 is 17.9 Å². The molecule has 29 heavy (non-hydrogen) atoms. The number of aromatic carboxylic acids is 1. The van der Waals surface area contributed by atoms with Crippen molar-refractivity contribution in [3.05, 3.63) is 53.1 Å². The maximum atomic E-state index is 11.7. The van der Waals surface area contributed by atoms with Crippen molar-refractivity contribution < 1.29 is 29.7 Å². The molecule has 1 aromatic heterocycles. The third kappa shape index (κ3) is 5.83. The van der Waals surface area contributed by atoms with E-state index in [1.54, 1.807) is 18.3 Å². The van der Waals surface area contributed by atoms with Crippen LogP contribution in [0.15, 0.2) is 30.5 Å². The van der Waals surface area contributed by atoms with E-state index >= 15 is 0 Å². The van der Waals surface area contributed by atoms with Crippen LogP contribution < -0.4 is 0 Å². The molecule has 1 atom stereocenters. The summed E-state index contributed by atoms with van der Waals surface area (Å²) in [6.07, 6.45) is 3.37. The largest absolute Gasteiger partial charge is 0.481 e. The second-order valence-electron chi connectivity index (χ2n) is 6.94. The predicted octanol–water partition coefficient (Wildman–Crippen LogP) is 2.74. The van der Waals surface area contributed by atoms with Crippen LogP contribution in [0.4, 0.5) is 0 Å². The number of aliphatic carboxylic acids is 2. The number of thiol groups is 1. The number of aryl methyl sites for hydroxylation is 1. The van der Waals surface area contributed by atoms with Crippen LogP contribution in [0.5, 0.6) is 0 Å². The van der Waals surface area contributed by atoms with E-state index < -0.39 is 29.1 Å². The first-order valence-corrected chi connectivity index (χ1v) is 9.64. The Kier molecular flexibility index (Phi) is 7.44. The average molecular weight is 420 g/mol. The Morgan fingerprint density at radius 2 is 1.79 bits per heavy atom. The Hall–Kier alpha value is -2.81. The van der Waals surface area contributed by atoms with Gasteiger partial charge in [-0.1, -0.05) is 25.5 Å². The zero-order valence-electron chi connectivity index (χ0n) is 16.0. The van der Waals surface area contributed by atoms with Crippen molar-refractivity contribution in [2.24, 2.45) is 0 Å². The van der Waals surface area contributed by atoms with E-state index in [1.165, 1.54) is 12.1 Å². The number of benzene rings is 1. The number of unbranched alkanes of at least 4 members (excludes halogenated alkanes) is 1. The summed E-state index contributed by atoms with van der Waals surface area (Å²) in [5.74, 6) is -2.81. The molecule has 2 rings (SSSR count). The van der Waals surface area contributed by atoms with Crippen LogP contribution in [0.2, 0.25) is 0 Å². The fourth-order valence-electron chi connectivity index (χ4n) is 3.02. The summed E-state index contributed by atoms with van der Waals surface area (Å²) in [4.78, 5) is 38.3. The summed E-state index contributed by atoms with van der Waals surface area (Å²) < 4.78 is 0.0972. The smallest absolute Gasteiger partial charge is 0.335 e. The van der Waals surface area contributed by atoms with Crippen molar-refractivity contribution in [3.63, 3.8) is 0 Å². The molecule has 0 aliphatic carbocycles. The first-order valence-electron chi connectivity index (χ1n) is 9.19. The van der Waals surface area contributed by atoms with Crippen LogP contribution in [-0.2, 0) is 29.0 Å². The second kappa shape index (κ2) is 9.60. The number of hydrogen-bond acceptors (Lipinski definition) is 5. The first-order chi connectivity index (χ1) is 13.7. The highest BCUT2D eigenvalue weighted by molar-refractivity contribution is 7.82. The van der Waals surface area contributed by atoms with E-state index in [2.05, 4.69) is 24.5 Å². The lowest BCUT2D eigenvalue weighted by Gasteiger charge is -2.23. The van der Waals surface area contributed by atoms with Crippen molar-refractivity contribution in [3.8, 4) is 0 Å². The summed E-state index contributed by atoms with van der Waals surface area (Å²) >= 11 is 4.17. The molecule has 9 heteroatoms. The zero-order valence-corrected chi connectivity index (χ0v) is 16.9. The van der Waals surface area contributed by atoms with E-state index in [1.807, 2.05) is 4.57 Å². The van der Waals surface area contributed by atoms with Gasteiger partial charge in [0.2, 0.25) is 0 Å². The number of aromatic nitrogens is 2. The summed E-state index contributed by atoms with van der Waals surface area (Å²) in [6.45, 7) is 2.42. The fourth-order valence-corrected chi connectivity index (χ4v) is 3.32. The van der Waals surface area contributed by atoms with Gasteiger partial charge in [-0.05, 0) is 24.1 Å². The summed E-state index contributed by atoms with van der Waals surface area (Å²) in [6, 6.07) is 6.40. The van der Waals surface area contributed by atoms with Gasteiger partial charge in [-0.25, -0.2) is 9.78 Å². The summed E-state index contributed by atoms with van der Waals surface area (Å²) in [5, 5.41) is 27.7. The molecule has 0 bridgehead atoms. The fraction of sp³-hybridized carbons (Fsp3) is 0.400. The molecule has 0 fully saturated rings. The molecule has 0 unspecified atom stereocenters. The van der Waals surface area contributed by atoms with Crippen molar-refractivity contribution in [1.29, 1.82) is 0 Å². The molecule has 0 radical (unpaired) electrons. The Morgan fingerprint density at radius 3 is 2.31 bits per heavy atom. The Morgan fingerprint density at radius 1 is 1.14 bits per heavy atom. The SMILES string of the molecule is CCCCc1ncc(C[C@](S)(CC(=O)O)C(=O)O)n1Cc1ccc(C(=O)O)cc1. The van der Waals surface area contributed by atoms with Gasteiger partial charge in [-0.15, -0.1) is 0 Å². The molecule has 1 aromatic carbocycles. The maximum absolute atomic E-state index is 11.7. The van der Waals surface area contributed by atoms with Crippen molar-refractivity contribution in [2.45, 2.75) is 50.3 Å². The van der Waals surface area contributed by atoms with Gasteiger partial charge in [-0.2, -0.15) is 12.6 Å². The lowest BCUT2D eigenvalue weighted by atomic mass is 9.98. The number of carboxylic acids is 3. The highest BCUT2D eigenvalue weighted by atomic mass is 32.1. The van der Waals surface area contributed by atoms with Crippen molar-refractivity contribution >= 4 is 30.5 Å². The molecule has 8 nitrogen and oxygen atoms in total. The average Bonchev–Trinajstić information content (AvgIpc) is 3.00. The molecule has 0 amide bonds. The number of carbonyl (C=O) groups is 3. The van der Waals surface area contributed by atoms with Gasteiger partial charge in [0.25, 0.3) is 0 Å². The summed E-state index contributed by atoms with van der Waals surface area (Å²) in [5.41, 5.74) is 1.56. The van der Waals surface area contributed by atoms with Crippen LogP contribution >= 0.6 is 12.6 Å². The third-order valence-electron chi connectivity index (χ3n) is 4.63. The predicted molar refractivity (Wildman–Crippen MR) is 109 cm³/mol. The third-order valence-corrected chi connectivity index (χ3v) is 5.14. The number of carboxylic acid groups (broad SMARTS) is 3. The van der Waals surface area contributed by atoms with Crippen LogP contribution in [0.1, 0.15) is 53.6 Å². The molecular formula is C20H24N2O6S. The Labute approximate surface area is 173 Å². The number of hydrogen-bond donors (Lipinski definition) is 4. The van der Waals surface area contributed by atoms with Crippen LogP contribution in [-0.4, -0.2) is 47.5 Å². The highest BCUT2D eigenvalue weighted by Crippen LogP contribution is 2.27. The van der Waals surface area contributed by atoms with E-state index in [0.717, 1.165) is 24.2 Å². The van der Waals surface area contributed by atoms with Gasteiger partial charge < -0.3 is 19.9 Å². The molecule has 2 aromatic rings. The molecule has 3 N–H and O–H groups in total. The van der Waals surface area contributed by atoms with E-state index in [-0.39, 0.29) is 12.0 Å². The second-order valence-corrected chi connectivity index (χ2v) is 7.80. The molecule has 0 spiro atoms. The van der Waals surface area contributed by atoms with Gasteiger partial charge in [0.1, 0.15) is 10.6 Å². The van der Waals surface area contributed by atoms with Crippen molar-refractivity contribution in [1.82, 2.24) is 9.55 Å². The number of imidazole rings is 1. The molecule has 0 aliphatic rings. The molecular weight excluding hydrogens is 396 g/mol. The lowest BCUT2D eigenvalue weighted by Crippen LogP contribution is -2.38. The van der Waals surface area contributed by atoms with Gasteiger partial charge in [0.05, 0.1) is 12.0 Å². The van der Waals surface area contributed by atoms with E-state index in [4.69, 9.17) is 10.2 Å². The molecule has 0 saturated carbocycles. The van der Waals surface area contributed by atoms with Crippen LogP contribution in [0.25, 0.3) is 0 Å². The monoisotopic (exact) mass is 420 g/mol. The van der Waals surface area contributed by atoms with Crippen LogP contribution in [0.3, 0.4) is 0 Å². The molecule has 0 aliphatic heterocycles. The Bertz CT molecular complexity index is 893. The van der Waals surface area contributed by atoms with Crippen molar-refractivity contribution in [2.75, 3.05) is 0 Å². The molecule has 1 heterocycles.